The molecule has 0 saturated carbocycles. The molecule has 0 fully saturated rings. The monoisotopic (exact) mass is 283 g/mol. The Bertz CT molecular complexity index is 553. The molecule has 19 heavy (non-hydrogen) atoms. The van der Waals surface area contributed by atoms with Gasteiger partial charge in [0, 0.05) is 5.56 Å². The Hall–Kier alpha value is -1.20. The van der Waals surface area contributed by atoms with Crippen molar-refractivity contribution in [3.8, 4) is 0 Å². The van der Waals surface area contributed by atoms with E-state index in [1.54, 1.807) is 19.1 Å². The fourth-order valence-electron chi connectivity index (χ4n) is 1.89. The molecule has 0 aromatic heterocycles. The number of carbonyl (C=O) groups excluding carboxylic acids is 1. The summed E-state index contributed by atoms with van der Waals surface area (Å²) in [5.41, 5.74) is 1.47. The first-order valence-electron chi connectivity index (χ1n) is 6.23. The summed E-state index contributed by atoms with van der Waals surface area (Å²) in [6, 6.07) is 7.03. The van der Waals surface area contributed by atoms with Crippen molar-refractivity contribution in [2.75, 3.05) is 0 Å². The van der Waals surface area contributed by atoms with Crippen LogP contribution in [-0.4, -0.2) is 19.5 Å². The number of benzene rings is 1. The SMILES string of the molecule is CCC(C(=O)c1ccc(C(C)(C)C)cc1)S(N)(=O)=O. The standard InChI is InChI=1S/C14H21NO3S/c1-5-12(19(15,17)18)13(16)10-6-8-11(9-7-10)14(2,3)4/h6-9,12H,5H2,1-4H3,(H2,15,17,18). The van der Waals surface area contributed by atoms with Crippen molar-refractivity contribution in [2.24, 2.45) is 5.14 Å². The normalized spacial score (nSPS) is 14.2. The molecule has 5 heteroatoms. The number of rotatable bonds is 4. The first-order valence-corrected chi connectivity index (χ1v) is 7.84. The number of ketones is 1. The Morgan fingerprint density at radius 3 is 2.00 bits per heavy atom. The number of hydrogen-bond acceptors (Lipinski definition) is 3. The van der Waals surface area contributed by atoms with E-state index in [-0.39, 0.29) is 11.8 Å². The second-order valence-electron chi connectivity index (χ2n) is 5.68. The number of hydrogen-bond donors (Lipinski definition) is 1. The second kappa shape index (κ2) is 5.43. The fraction of sp³-hybridized carbons (Fsp3) is 0.500. The molecule has 1 aromatic carbocycles. The van der Waals surface area contributed by atoms with Crippen molar-refractivity contribution < 1.29 is 13.2 Å². The minimum atomic E-state index is -3.85. The maximum atomic E-state index is 12.1. The topological polar surface area (TPSA) is 77.2 Å². The molecular formula is C14H21NO3S. The molecule has 0 spiro atoms. The fourth-order valence-corrected chi connectivity index (χ4v) is 2.79. The number of nitrogens with two attached hydrogens (primary N) is 1. The quantitative estimate of drug-likeness (QED) is 0.861. The van der Waals surface area contributed by atoms with E-state index in [1.165, 1.54) is 0 Å². The zero-order valence-corrected chi connectivity index (χ0v) is 12.6. The van der Waals surface area contributed by atoms with Gasteiger partial charge >= 0.3 is 0 Å². The first kappa shape index (κ1) is 15.9. The third-order valence-electron chi connectivity index (χ3n) is 3.10. The number of carbonyl (C=O) groups is 1. The van der Waals surface area contributed by atoms with Crippen LogP contribution in [0.25, 0.3) is 0 Å². The van der Waals surface area contributed by atoms with E-state index in [0.717, 1.165) is 5.56 Å². The highest BCUT2D eigenvalue weighted by Crippen LogP contribution is 2.23. The zero-order chi connectivity index (χ0) is 14.8. The van der Waals surface area contributed by atoms with Gasteiger partial charge in [-0.25, -0.2) is 13.6 Å². The van der Waals surface area contributed by atoms with E-state index >= 15 is 0 Å². The van der Waals surface area contributed by atoms with Gasteiger partial charge in [0.2, 0.25) is 10.0 Å². The maximum Gasteiger partial charge on any atom is 0.219 e. The predicted octanol–water partition coefficient (Wildman–Crippen LogP) is 2.23. The maximum absolute atomic E-state index is 12.1. The van der Waals surface area contributed by atoms with Crippen molar-refractivity contribution in [2.45, 2.75) is 44.8 Å². The van der Waals surface area contributed by atoms with Gasteiger partial charge in [0.05, 0.1) is 0 Å². The molecule has 0 saturated heterocycles. The Morgan fingerprint density at radius 2 is 1.68 bits per heavy atom. The third-order valence-corrected chi connectivity index (χ3v) is 4.44. The van der Waals surface area contributed by atoms with Crippen LogP contribution in [0.5, 0.6) is 0 Å². The van der Waals surface area contributed by atoms with Crippen LogP contribution in [0, 0.1) is 0 Å². The Labute approximate surface area is 115 Å². The first-order chi connectivity index (χ1) is 8.57. The summed E-state index contributed by atoms with van der Waals surface area (Å²) in [5, 5.41) is 3.92. The Balaban J connectivity index is 3.08. The van der Waals surface area contributed by atoms with Gasteiger partial charge in [0.15, 0.2) is 5.78 Å². The van der Waals surface area contributed by atoms with E-state index in [4.69, 9.17) is 5.14 Å². The van der Waals surface area contributed by atoms with Crippen molar-refractivity contribution in [1.29, 1.82) is 0 Å². The number of sulfonamides is 1. The summed E-state index contributed by atoms with van der Waals surface area (Å²) in [7, 11) is -3.85. The Morgan fingerprint density at radius 1 is 1.21 bits per heavy atom. The van der Waals surface area contributed by atoms with Crippen LogP contribution in [0.3, 0.4) is 0 Å². The minimum absolute atomic E-state index is 0.00825. The second-order valence-corrected chi connectivity index (χ2v) is 7.42. The van der Waals surface area contributed by atoms with Crippen LogP contribution >= 0.6 is 0 Å². The van der Waals surface area contributed by atoms with E-state index in [0.29, 0.717) is 5.56 Å². The molecule has 0 heterocycles. The van der Waals surface area contributed by atoms with Crippen LogP contribution in [0.4, 0.5) is 0 Å². The van der Waals surface area contributed by atoms with Crippen LogP contribution in [0.15, 0.2) is 24.3 Å². The molecule has 0 aliphatic rings. The summed E-state index contributed by atoms with van der Waals surface area (Å²) in [6.45, 7) is 7.85. The third kappa shape index (κ3) is 3.88. The molecule has 1 unspecified atom stereocenters. The smallest absolute Gasteiger partial charge is 0.219 e. The largest absolute Gasteiger partial charge is 0.293 e. The van der Waals surface area contributed by atoms with Crippen molar-refractivity contribution in [3.05, 3.63) is 35.4 Å². The summed E-state index contributed by atoms with van der Waals surface area (Å²) in [4.78, 5) is 12.1. The minimum Gasteiger partial charge on any atom is -0.293 e. The van der Waals surface area contributed by atoms with Gasteiger partial charge in [0.25, 0.3) is 0 Å². The van der Waals surface area contributed by atoms with Gasteiger partial charge < -0.3 is 0 Å². The summed E-state index contributed by atoms with van der Waals surface area (Å²) in [5.74, 6) is -0.439. The van der Waals surface area contributed by atoms with Crippen LogP contribution in [-0.2, 0) is 15.4 Å². The lowest BCUT2D eigenvalue weighted by Crippen LogP contribution is -2.35. The van der Waals surface area contributed by atoms with Gasteiger partial charge in [0.1, 0.15) is 5.25 Å². The van der Waals surface area contributed by atoms with Gasteiger partial charge in [-0.05, 0) is 17.4 Å². The summed E-state index contributed by atoms with van der Waals surface area (Å²) in [6.07, 6.45) is 0.179. The van der Waals surface area contributed by atoms with Gasteiger partial charge in [-0.2, -0.15) is 0 Å². The van der Waals surface area contributed by atoms with E-state index in [9.17, 15) is 13.2 Å². The Kier molecular flexibility index (Phi) is 4.53. The average molecular weight is 283 g/mol. The van der Waals surface area contributed by atoms with Gasteiger partial charge in [-0.1, -0.05) is 52.0 Å². The van der Waals surface area contributed by atoms with E-state index in [2.05, 4.69) is 20.8 Å². The molecule has 0 radical (unpaired) electrons. The molecule has 0 aliphatic heterocycles. The number of Topliss-reactive ketones (excluding diaryl/α,β-unsaturated/α-hetero) is 1. The van der Waals surface area contributed by atoms with Crippen molar-refractivity contribution in [3.63, 3.8) is 0 Å². The van der Waals surface area contributed by atoms with Gasteiger partial charge in [-0.15, -0.1) is 0 Å². The molecule has 1 atom stereocenters. The van der Waals surface area contributed by atoms with Crippen LogP contribution < -0.4 is 5.14 Å². The average Bonchev–Trinajstić information content (AvgIpc) is 2.27. The highest BCUT2D eigenvalue weighted by molar-refractivity contribution is 7.90. The molecule has 0 aliphatic carbocycles. The number of primary sulfonamides is 1. The highest BCUT2D eigenvalue weighted by atomic mass is 32.2. The highest BCUT2D eigenvalue weighted by Gasteiger charge is 2.28. The van der Waals surface area contributed by atoms with E-state index < -0.39 is 21.1 Å². The molecule has 0 amide bonds. The molecule has 106 valence electrons. The molecule has 1 aromatic rings. The predicted molar refractivity (Wildman–Crippen MR) is 76.7 cm³/mol. The zero-order valence-electron chi connectivity index (χ0n) is 11.8. The lowest BCUT2D eigenvalue weighted by atomic mass is 9.86. The summed E-state index contributed by atoms with van der Waals surface area (Å²) < 4.78 is 22.7. The van der Waals surface area contributed by atoms with Crippen molar-refractivity contribution in [1.82, 2.24) is 0 Å². The molecule has 2 N–H and O–H groups in total. The molecule has 0 bridgehead atoms. The van der Waals surface area contributed by atoms with E-state index in [1.807, 2.05) is 12.1 Å². The van der Waals surface area contributed by atoms with Crippen molar-refractivity contribution >= 4 is 15.8 Å². The molecule has 4 nitrogen and oxygen atoms in total. The van der Waals surface area contributed by atoms with Crippen LogP contribution in [0.1, 0.15) is 50.0 Å². The molecule has 1 rings (SSSR count). The van der Waals surface area contributed by atoms with Crippen LogP contribution in [0.2, 0.25) is 0 Å². The molecular weight excluding hydrogens is 262 g/mol. The lowest BCUT2D eigenvalue weighted by molar-refractivity contribution is 0.0985. The summed E-state index contributed by atoms with van der Waals surface area (Å²) >= 11 is 0. The van der Waals surface area contributed by atoms with Gasteiger partial charge in [-0.3, -0.25) is 4.79 Å². The lowest BCUT2D eigenvalue weighted by Gasteiger charge is -2.19.